The lowest BCUT2D eigenvalue weighted by atomic mass is 9.79. The van der Waals surface area contributed by atoms with Gasteiger partial charge in [0.25, 0.3) is 0 Å². The molecule has 2 saturated heterocycles. The van der Waals surface area contributed by atoms with Gasteiger partial charge in [-0.15, -0.1) is 0 Å². The molecule has 1 atom stereocenters. The molecule has 1 spiro atoms. The second-order valence-corrected chi connectivity index (χ2v) is 7.34. The highest BCUT2D eigenvalue weighted by molar-refractivity contribution is 5.46. The van der Waals surface area contributed by atoms with Crippen LogP contribution in [0, 0.1) is 5.41 Å². The zero-order valence-corrected chi connectivity index (χ0v) is 14.6. The van der Waals surface area contributed by atoms with Gasteiger partial charge in [0.2, 0.25) is 0 Å². The highest BCUT2D eigenvalue weighted by atomic mass is 16.5. The van der Waals surface area contributed by atoms with E-state index in [4.69, 9.17) is 9.15 Å². The molecular weight excluding hydrogens is 288 g/mol. The molecule has 0 aromatic carbocycles. The lowest BCUT2D eigenvalue weighted by molar-refractivity contribution is 0.0685. The van der Waals surface area contributed by atoms with Gasteiger partial charge in [-0.1, -0.05) is 5.57 Å². The highest BCUT2D eigenvalue weighted by Gasteiger charge is 2.40. The van der Waals surface area contributed by atoms with E-state index in [1.807, 2.05) is 12.1 Å². The fraction of sp³-hybridized carbons (Fsp3) is 0.684. The number of hydrogen-bond donors (Lipinski definition) is 0. The van der Waals surface area contributed by atoms with Gasteiger partial charge < -0.3 is 14.1 Å². The largest absolute Gasteiger partial charge is 0.465 e. The molecule has 0 amide bonds. The Balaban J connectivity index is 1.53. The minimum absolute atomic E-state index is 0.511. The van der Waals surface area contributed by atoms with E-state index in [9.17, 15) is 0 Å². The standard InChI is InChI=1S/C19H30N2O2/c1-17(13-18-5-3-11-23-18)14-21-9-7-19(16-21)6-4-8-20(15-19)10-12-22-2/h3,5,11,13H,4,6-10,12,14-16H2,1-2H3/b17-13+. The first-order valence-electron chi connectivity index (χ1n) is 8.83. The van der Waals surface area contributed by atoms with Gasteiger partial charge in [0.15, 0.2) is 0 Å². The number of ether oxygens (including phenoxy) is 1. The Bertz CT molecular complexity index is 511. The van der Waals surface area contributed by atoms with Crippen LogP contribution in [0.2, 0.25) is 0 Å². The molecule has 1 aromatic heterocycles. The van der Waals surface area contributed by atoms with E-state index < -0.39 is 0 Å². The van der Waals surface area contributed by atoms with E-state index in [0.29, 0.717) is 5.41 Å². The maximum Gasteiger partial charge on any atom is 0.126 e. The van der Waals surface area contributed by atoms with Crippen LogP contribution in [-0.4, -0.2) is 62.8 Å². The predicted octanol–water partition coefficient (Wildman–Crippen LogP) is 3.12. The molecular formula is C19H30N2O2. The summed E-state index contributed by atoms with van der Waals surface area (Å²) in [6.45, 7) is 10.1. The number of rotatable bonds is 6. The zero-order valence-electron chi connectivity index (χ0n) is 14.6. The van der Waals surface area contributed by atoms with Gasteiger partial charge in [-0.2, -0.15) is 0 Å². The Morgan fingerprint density at radius 1 is 1.30 bits per heavy atom. The number of hydrogen-bond acceptors (Lipinski definition) is 4. The van der Waals surface area contributed by atoms with Crippen LogP contribution in [0.4, 0.5) is 0 Å². The van der Waals surface area contributed by atoms with Crippen molar-refractivity contribution in [3.8, 4) is 0 Å². The van der Waals surface area contributed by atoms with Crippen molar-refractivity contribution in [1.82, 2.24) is 9.80 Å². The lowest BCUT2D eigenvalue weighted by Crippen LogP contribution is -2.45. The van der Waals surface area contributed by atoms with Crippen LogP contribution in [0.3, 0.4) is 0 Å². The summed E-state index contributed by atoms with van der Waals surface area (Å²) in [5.74, 6) is 0.958. The third-order valence-corrected chi connectivity index (χ3v) is 5.27. The molecule has 0 bridgehead atoms. The second kappa shape index (κ2) is 7.65. The highest BCUT2D eigenvalue weighted by Crippen LogP contribution is 2.39. The Labute approximate surface area is 140 Å². The minimum Gasteiger partial charge on any atom is -0.465 e. The van der Waals surface area contributed by atoms with E-state index >= 15 is 0 Å². The van der Waals surface area contributed by atoms with Gasteiger partial charge in [0.1, 0.15) is 5.76 Å². The van der Waals surface area contributed by atoms with Crippen molar-refractivity contribution < 1.29 is 9.15 Å². The van der Waals surface area contributed by atoms with Gasteiger partial charge >= 0.3 is 0 Å². The molecule has 0 N–H and O–H groups in total. The summed E-state index contributed by atoms with van der Waals surface area (Å²) in [4.78, 5) is 5.22. The van der Waals surface area contributed by atoms with E-state index in [0.717, 1.165) is 25.5 Å². The van der Waals surface area contributed by atoms with Gasteiger partial charge in [0, 0.05) is 33.3 Å². The predicted molar refractivity (Wildman–Crippen MR) is 93.4 cm³/mol. The smallest absolute Gasteiger partial charge is 0.126 e. The summed E-state index contributed by atoms with van der Waals surface area (Å²) in [5.41, 5.74) is 1.89. The molecule has 4 nitrogen and oxygen atoms in total. The monoisotopic (exact) mass is 318 g/mol. The van der Waals surface area contributed by atoms with Crippen molar-refractivity contribution in [2.75, 3.05) is 53.0 Å². The van der Waals surface area contributed by atoms with Crippen molar-refractivity contribution >= 4 is 6.08 Å². The van der Waals surface area contributed by atoms with Crippen LogP contribution in [0.25, 0.3) is 6.08 Å². The summed E-state index contributed by atoms with van der Waals surface area (Å²) in [6, 6.07) is 3.96. The number of methoxy groups -OCH3 is 1. The molecule has 23 heavy (non-hydrogen) atoms. The fourth-order valence-corrected chi connectivity index (χ4v) is 4.23. The number of piperidine rings is 1. The van der Waals surface area contributed by atoms with E-state index in [1.165, 1.54) is 51.0 Å². The Kier molecular flexibility index (Phi) is 5.57. The van der Waals surface area contributed by atoms with E-state index in [-0.39, 0.29) is 0 Å². The third kappa shape index (κ3) is 4.46. The maximum absolute atomic E-state index is 5.42. The molecule has 0 radical (unpaired) electrons. The zero-order chi connectivity index (χ0) is 16.1. The summed E-state index contributed by atoms with van der Waals surface area (Å²) in [7, 11) is 1.80. The van der Waals surface area contributed by atoms with Crippen LogP contribution >= 0.6 is 0 Å². The van der Waals surface area contributed by atoms with Gasteiger partial charge in [0.05, 0.1) is 12.9 Å². The molecule has 2 fully saturated rings. The van der Waals surface area contributed by atoms with E-state index in [2.05, 4.69) is 22.8 Å². The number of likely N-dealkylation sites (tertiary alicyclic amines) is 2. The van der Waals surface area contributed by atoms with Gasteiger partial charge in [-0.05, 0) is 62.9 Å². The Hall–Kier alpha value is -1.10. The quantitative estimate of drug-likeness (QED) is 0.806. The number of nitrogens with zero attached hydrogens (tertiary/aromatic N) is 2. The van der Waals surface area contributed by atoms with Crippen molar-refractivity contribution in [2.24, 2.45) is 5.41 Å². The lowest BCUT2D eigenvalue weighted by Gasteiger charge is -2.40. The third-order valence-electron chi connectivity index (χ3n) is 5.27. The van der Waals surface area contributed by atoms with Gasteiger partial charge in [-0.25, -0.2) is 0 Å². The minimum atomic E-state index is 0.511. The van der Waals surface area contributed by atoms with Gasteiger partial charge in [-0.3, -0.25) is 4.90 Å². The average Bonchev–Trinajstić information content (AvgIpc) is 3.16. The van der Waals surface area contributed by atoms with Crippen LogP contribution in [-0.2, 0) is 4.74 Å². The summed E-state index contributed by atoms with van der Waals surface area (Å²) in [5, 5.41) is 0. The van der Waals surface area contributed by atoms with E-state index in [1.54, 1.807) is 13.4 Å². The molecule has 1 unspecified atom stereocenters. The van der Waals surface area contributed by atoms with Crippen LogP contribution in [0.5, 0.6) is 0 Å². The molecule has 3 rings (SSSR count). The fourth-order valence-electron chi connectivity index (χ4n) is 4.23. The first-order valence-corrected chi connectivity index (χ1v) is 8.83. The van der Waals surface area contributed by atoms with Crippen molar-refractivity contribution in [3.63, 3.8) is 0 Å². The SMILES string of the molecule is COCCN1CCCC2(CCN(C/C(C)=C/c3ccco3)C2)C1. The van der Waals surface area contributed by atoms with Crippen LogP contribution in [0.15, 0.2) is 28.4 Å². The first-order chi connectivity index (χ1) is 11.2. The normalized spacial score (nSPS) is 27.1. The van der Waals surface area contributed by atoms with Crippen molar-refractivity contribution in [2.45, 2.75) is 26.2 Å². The molecule has 4 heteroatoms. The molecule has 128 valence electrons. The Morgan fingerprint density at radius 3 is 2.96 bits per heavy atom. The maximum atomic E-state index is 5.42. The van der Waals surface area contributed by atoms with Crippen LogP contribution < -0.4 is 0 Å². The first kappa shape index (κ1) is 16.7. The Morgan fingerprint density at radius 2 is 2.17 bits per heavy atom. The van der Waals surface area contributed by atoms with Crippen molar-refractivity contribution in [3.05, 3.63) is 29.7 Å². The second-order valence-electron chi connectivity index (χ2n) is 7.34. The molecule has 2 aliphatic heterocycles. The van der Waals surface area contributed by atoms with Crippen LogP contribution in [0.1, 0.15) is 31.9 Å². The molecule has 0 saturated carbocycles. The molecule has 3 heterocycles. The molecule has 1 aromatic rings. The van der Waals surface area contributed by atoms with Crippen molar-refractivity contribution in [1.29, 1.82) is 0 Å². The molecule has 0 aliphatic carbocycles. The summed E-state index contributed by atoms with van der Waals surface area (Å²) >= 11 is 0. The number of furan rings is 1. The molecule has 2 aliphatic rings. The average molecular weight is 318 g/mol. The summed E-state index contributed by atoms with van der Waals surface area (Å²) < 4.78 is 10.7. The topological polar surface area (TPSA) is 28.9 Å². The summed E-state index contributed by atoms with van der Waals surface area (Å²) in [6.07, 6.45) is 7.95.